The van der Waals surface area contributed by atoms with Gasteiger partial charge in [-0.15, -0.1) is 0 Å². The molecule has 0 saturated heterocycles. The molecule has 0 saturated carbocycles. The Kier molecular flexibility index (Phi) is 10.1. The Balaban J connectivity index is 1.23. The van der Waals surface area contributed by atoms with Crippen LogP contribution in [0.1, 0.15) is 57.0 Å². The average molecular weight is 555 g/mol. The van der Waals surface area contributed by atoms with Gasteiger partial charge in [0.1, 0.15) is 5.82 Å². The maximum Gasteiger partial charge on any atom is 0.337 e. The fraction of sp³-hybridized carbons (Fsp3) is 0.303. The molecule has 2 atom stereocenters. The minimum Gasteiger partial charge on any atom is -0.465 e. The summed E-state index contributed by atoms with van der Waals surface area (Å²) in [5.41, 5.74) is 6.43. The highest BCUT2D eigenvalue weighted by Crippen LogP contribution is 2.18. The van der Waals surface area contributed by atoms with E-state index in [9.17, 15) is 14.7 Å². The molecule has 0 bridgehead atoms. The van der Waals surface area contributed by atoms with Gasteiger partial charge in [-0.3, -0.25) is 4.79 Å². The zero-order valence-corrected chi connectivity index (χ0v) is 24.1. The number of nitrogens with zero attached hydrogens (tertiary/aromatic N) is 2. The first-order valence-electron chi connectivity index (χ1n) is 13.8. The number of amides is 1. The van der Waals surface area contributed by atoms with Gasteiger partial charge in [-0.25, -0.2) is 9.78 Å². The summed E-state index contributed by atoms with van der Waals surface area (Å²) in [6.45, 7) is 6.96. The molecule has 4 aromatic rings. The normalized spacial score (nSPS) is 12.5. The molecule has 0 aliphatic heterocycles. The number of nitrogens with one attached hydrogen (secondary N) is 2. The van der Waals surface area contributed by atoms with Gasteiger partial charge in [0.05, 0.1) is 25.2 Å². The van der Waals surface area contributed by atoms with Gasteiger partial charge in [0.15, 0.2) is 0 Å². The minimum atomic E-state index is -0.669. The summed E-state index contributed by atoms with van der Waals surface area (Å²) < 4.78 is 6.79. The number of aliphatic hydroxyl groups excluding tert-OH is 1. The van der Waals surface area contributed by atoms with Crippen LogP contribution in [0.15, 0.2) is 79.0 Å². The van der Waals surface area contributed by atoms with E-state index in [1.807, 2.05) is 50.2 Å². The Morgan fingerprint density at radius 3 is 2.32 bits per heavy atom. The predicted octanol–water partition coefficient (Wildman–Crippen LogP) is 4.39. The Hall–Kier alpha value is -4.27. The minimum absolute atomic E-state index is 0.0739. The van der Waals surface area contributed by atoms with Crippen molar-refractivity contribution in [3.05, 3.63) is 118 Å². The molecule has 8 heteroatoms. The maximum atomic E-state index is 12.5. The average Bonchev–Trinajstić information content (AvgIpc) is 3.32. The second-order valence-electron chi connectivity index (χ2n) is 10.4. The first-order valence-corrected chi connectivity index (χ1v) is 13.8. The van der Waals surface area contributed by atoms with Crippen LogP contribution in [0.3, 0.4) is 0 Å². The van der Waals surface area contributed by atoms with Crippen LogP contribution in [0.4, 0.5) is 0 Å². The van der Waals surface area contributed by atoms with E-state index >= 15 is 0 Å². The summed E-state index contributed by atoms with van der Waals surface area (Å²) in [6, 6.07) is 23.1. The summed E-state index contributed by atoms with van der Waals surface area (Å²) in [7, 11) is 1.35. The number of hydrogen-bond acceptors (Lipinski definition) is 6. The van der Waals surface area contributed by atoms with Gasteiger partial charge in [-0.05, 0) is 74.2 Å². The summed E-state index contributed by atoms with van der Waals surface area (Å²) in [5.74, 6) is 0.377. The van der Waals surface area contributed by atoms with Crippen molar-refractivity contribution in [3.63, 3.8) is 0 Å². The van der Waals surface area contributed by atoms with Crippen LogP contribution in [0, 0.1) is 13.8 Å². The third-order valence-corrected chi connectivity index (χ3v) is 7.08. The molecule has 2 heterocycles. The Bertz CT molecular complexity index is 1440. The van der Waals surface area contributed by atoms with Crippen LogP contribution >= 0.6 is 0 Å². The van der Waals surface area contributed by atoms with E-state index in [1.54, 1.807) is 30.5 Å². The molecule has 41 heavy (non-hydrogen) atoms. The largest absolute Gasteiger partial charge is 0.465 e. The van der Waals surface area contributed by atoms with Gasteiger partial charge in [-0.1, -0.05) is 42.5 Å². The molecular formula is C33H38N4O4. The van der Waals surface area contributed by atoms with Crippen LogP contribution in [0.25, 0.3) is 5.82 Å². The Morgan fingerprint density at radius 2 is 1.66 bits per heavy atom. The molecule has 0 unspecified atom stereocenters. The number of methoxy groups -OCH3 is 1. The number of rotatable bonds is 12. The predicted molar refractivity (Wildman–Crippen MR) is 159 cm³/mol. The molecule has 4 rings (SSSR count). The van der Waals surface area contributed by atoms with Gasteiger partial charge in [0.25, 0.3) is 0 Å². The zero-order chi connectivity index (χ0) is 29.4. The highest BCUT2D eigenvalue weighted by Gasteiger charge is 2.13. The third kappa shape index (κ3) is 8.13. The number of carbonyl (C=O) groups is 2. The summed E-state index contributed by atoms with van der Waals surface area (Å²) in [6.07, 6.45) is 2.10. The highest BCUT2D eigenvalue weighted by molar-refractivity contribution is 5.89. The summed E-state index contributed by atoms with van der Waals surface area (Å²) in [4.78, 5) is 28.7. The lowest BCUT2D eigenvalue weighted by atomic mass is 10.0. The summed E-state index contributed by atoms with van der Waals surface area (Å²) in [5, 5.41) is 17.1. The van der Waals surface area contributed by atoms with Gasteiger partial charge >= 0.3 is 5.97 Å². The number of aliphatic hydroxyl groups is 1. The summed E-state index contributed by atoms with van der Waals surface area (Å²) >= 11 is 0. The molecule has 214 valence electrons. The van der Waals surface area contributed by atoms with Gasteiger partial charge in [0.2, 0.25) is 5.91 Å². The number of pyridine rings is 1. The molecule has 0 aliphatic rings. The number of benzene rings is 2. The molecule has 1 amide bonds. The van der Waals surface area contributed by atoms with E-state index in [0.29, 0.717) is 18.7 Å². The first-order chi connectivity index (χ1) is 19.7. The standard InChI is InChI=1S/C33H38N4O4/c1-22(34-21-30(38)29-14-15-31(35-20-29)37-23(2)8-9-24(37)3)16-26-6-5-7-27(17-26)18-32(39)36-19-25-10-12-28(13-11-25)33(40)41-4/h5-15,17,20,22,30,34,38H,16,18-19,21H2,1-4H3,(H,36,39)/t22-,30+/m1/s1. The van der Waals surface area contributed by atoms with Crippen LogP contribution < -0.4 is 10.6 Å². The van der Waals surface area contributed by atoms with Crippen molar-refractivity contribution < 1.29 is 19.4 Å². The fourth-order valence-corrected chi connectivity index (χ4v) is 4.80. The van der Waals surface area contributed by atoms with E-state index in [2.05, 4.69) is 39.2 Å². The van der Waals surface area contributed by atoms with E-state index in [4.69, 9.17) is 4.74 Å². The number of aryl methyl sites for hydroxylation is 2. The van der Waals surface area contributed by atoms with Crippen molar-refractivity contribution in [3.8, 4) is 5.82 Å². The molecular weight excluding hydrogens is 516 g/mol. The van der Waals surface area contributed by atoms with Crippen molar-refractivity contribution in [2.75, 3.05) is 13.7 Å². The SMILES string of the molecule is COC(=O)c1ccc(CNC(=O)Cc2cccc(C[C@@H](C)NC[C@H](O)c3ccc(-n4c(C)ccc4C)nc3)c2)cc1. The van der Waals surface area contributed by atoms with Gasteiger partial charge in [0, 0.05) is 42.3 Å². The second-order valence-corrected chi connectivity index (χ2v) is 10.4. The molecule has 0 spiro atoms. The van der Waals surface area contributed by atoms with Gasteiger partial charge < -0.3 is 25.0 Å². The lowest BCUT2D eigenvalue weighted by Crippen LogP contribution is -2.32. The number of ether oxygens (including phenoxy) is 1. The van der Waals surface area contributed by atoms with Crippen molar-refractivity contribution in [1.82, 2.24) is 20.2 Å². The molecule has 0 aliphatic carbocycles. The van der Waals surface area contributed by atoms with Crippen LogP contribution in [0.5, 0.6) is 0 Å². The van der Waals surface area contributed by atoms with Crippen LogP contribution in [0.2, 0.25) is 0 Å². The molecule has 8 nitrogen and oxygen atoms in total. The van der Waals surface area contributed by atoms with Crippen LogP contribution in [-0.2, 0) is 28.9 Å². The number of hydrogen-bond donors (Lipinski definition) is 3. The van der Waals surface area contributed by atoms with E-state index in [1.165, 1.54) is 7.11 Å². The molecule has 0 radical (unpaired) electrons. The number of esters is 1. The fourth-order valence-electron chi connectivity index (χ4n) is 4.80. The van der Waals surface area contributed by atoms with Gasteiger partial charge in [-0.2, -0.15) is 0 Å². The quantitative estimate of drug-likeness (QED) is 0.224. The van der Waals surface area contributed by atoms with Crippen molar-refractivity contribution in [2.45, 2.75) is 52.3 Å². The van der Waals surface area contributed by atoms with E-state index in [0.717, 1.165) is 45.9 Å². The zero-order valence-electron chi connectivity index (χ0n) is 24.1. The van der Waals surface area contributed by atoms with Crippen LogP contribution in [-0.4, -0.2) is 46.2 Å². The maximum absolute atomic E-state index is 12.5. The monoisotopic (exact) mass is 554 g/mol. The van der Waals surface area contributed by atoms with Crippen molar-refractivity contribution in [1.29, 1.82) is 0 Å². The Morgan fingerprint density at radius 1 is 0.951 bits per heavy atom. The van der Waals surface area contributed by atoms with Crippen molar-refractivity contribution >= 4 is 11.9 Å². The smallest absolute Gasteiger partial charge is 0.337 e. The third-order valence-electron chi connectivity index (χ3n) is 7.08. The molecule has 2 aromatic heterocycles. The Labute approximate surface area is 241 Å². The molecule has 0 fully saturated rings. The number of aromatic nitrogens is 2. The lowest BCUT2D eigenvalue weighted by molar-refractivity contribution is -0.120. The van der Waals surface area contributed by atoms with Crippen molar-refractivity contribution in [2.24, 2.45) is 0 Å². The molecule has 2 aromatic carbocycles. The topological polar surface area (TPSA) is 105 Å². The number of carbonyl (C=O) groups excluding carboxylic acids is 2. The van der Waals surface area contributed by atoms with E-state index < -0.39 is 6.10 Å². The highest BCUT2D eigenvalue weighted by atomic mass is 16.5. The molecule has 3 N–H and O–H groups in total. The lowest BCUT2D eigenvalue weighted by Gasteiger charge is -2.18. The van der Waals surface area contributed by atoms with E-state index in [-0.39, 0.29) is 24.3 Å². The second kappa shape index (κ2) is 13.9. The first kappa shape index (κ1) is 29.7.